The van der Waals surface area contributed by atoms with E-state index in [1.807, 2.05) is 6.07 Å². The first-order valence-electron chi connectivity index (χ1n) is 11.0. The van der Waals surface area contributed by atoms with Gasteiger partial charge in [0.15, 0.2) is 0 Å². The number of piperazine rings is 1. The van der Waals surface area contributed by atoms with Crippen LogP contribution in [0.15, 0.2) is 48.5 Å². The molecule has 0 N–H and O–H groups in total. The average Bonchev–Trinajstić information content (AvgIpc) is 3.07. The molecule has 0 radical (unpaired) electrons. The third kappa shape index (κ3) is 3.98. The van der Waals surface area contributed by atoms with Crippen LogP contribution in [0.5, 0.6) is 11.5 Å². The molecular formula is C25H27N3O6. The van der Waals surface area contributed by atoms with Crippen LogP contribution in [0.25, 0.3) is 0 Å². The zero-order valence-electron chi connectivity index (χ0n) is 19.4. The van der Waals surface area contributed by atoms with Crippen LogP contribution in [0.1, 0.15) is 18.4 Å². The molecule has 178 valence electrons. The lowest BCUT2D eigenvalue weighted by Gasteiger charge is -2.36. The molecule has 2 fully saturated rings. The summed E-state index contributed by atoms with van der Waals surface area (Å²) in [5.41, 5.74) is -0.183. The minimum absolute atomic E-state index is 0.115. The van der Waals surface area contributed by atoms with E-state index in [0.717, 1.165) is 4.90 Å². The number of carbonyl (C=O) groups is 4. The van der Waals surface area contributed by atoms with Gasteiger partial charge in [-0.15, -0.1) is 0 Å². The first kappa shape index (κ1) is 23.3. The summed E-state index contributed by atoms with van der Waals surface area (Å²) in [5, 5.41) is 0. The van der Waals surface area contributed by atoms with Gasteiger partial charge in [0.2, 0.25) is 23.6 Å². The number of hydrogen-bond acceptors (Lipinski definition) is 6. The van der Waals surface area contributed by atoms with Crippen molar-refractivity contribution in [3.63, 3.8) is 0 Å². The van der Waals surface area contributed by atoms with E-state index in [9.17, 15) is 19.2 Å². The van der Waals surface area contributed by atoms with E-state index >= 15 is 0 Å². The summed E-state index contributed by atoms with van der Waals surface area (Å²) in [6, 6.07) is 14.1. The Labute approximate surface area is 197 Å². The molecule has 2 aliphatic heterocycles. The lowest BCUT2D eigenvalue weighted by Crippen LogP contribution is -2.54. The Bertz CT molecular complexity index is 1150. The Kier molecular flexibility index (Phi) is 6.28. The highest BCUT2D eigenvalue weighted by molar-refractivity contribution is 6.11. The van der Waals surface area contributed by atoms with Crippen molar-refractivity contribution in [2.75, 3.05) is 45.8 Å². The molecule has 9 heteroatoms. The number of ether oxygens (including phenoxy) is 2. The first-order chi connectivity index (χ1) is 16.3. The van der Waals surface area contributed by atoms with Crippen LogP contribution in [0.4, 0.5) is 5.69 Å². The fourth-order valence-electron chi connectivity index (χ4n) is 4.68. The smallest absolute Gasteiger partial charge is 0.246 e. The highest BCUT2D eigenvalue weighted by Gasteiger charge is 2.54. The van der Waals surface area contributed by atoms with Crippen molar-refractivity contribution in [3.05, 3.63) is 54.1 Å². The van der Waals surface area contributed by atoms with Gasteiger partial charge in [0, 0.05) is 50.3 Å². The molecule has 2 heterocycles. The standard InChI is InChI=1S/C25H27N3O6/c1-26-21(29)14-25(24(26)32,19-9-4-5-10-20(19)34-3)15-22(30)27-11-12-28(23(31)16-27)17-7-6-8-18(13-17)33-2/h4-10,13H,11-12,14-16H2,1-3H3. The van der Waals surface area contributed by atoms with E-state index in [1.165, 1.54) is 19.1 Å². The number of benzene rings is 2. The molecule has 2 aliphatic rings. The number of likely N-dealkylation sites (N-methyl/N-ethyl adjacent to an activating group) is 1. The Hall–Kier alpha value is -3.88. The van der Waals surface area contributed by atoms with Crippen molar-refractivity contribution >= 4 is 29.3 Å². The molecule has 9 nitrogen and oxygen atoms in total. The van der Waals surface area contributed by atoms with Crippen LogP contribution >= 0.6 is 0 Å². The number of imide groups is 1. The van der Waals surface area contributed by atoms with Gasteiger partial charge in [-0.25, -0.2) is 0 Å². The average molecular weight is 466 g/mol. The van der Waals surface area contributed by atoms with Gasteiger partial charge < -0.3 is 19.3 Å². The van der Waals surface area contributed by atoms with Crippen molar-refractivity contribution in [1.29, 1.82) is 0 Å². The normalized spacial score (nSPS) is 20.7. The maximum Gasteiger partial charge on any atom is 0.246 e. The molecule has 2 saturated heterocycles. The monoisotopic (exact) mass is 465 g/mol. The minimum atomic E-state index is -1.37. The summed E-state index contributed by atoms with van der Waals surface area (Å²) in [4.78, 5) is 56.2. The van der Waals surface area contributed by atoms with Crippen LogP contribution in [-0.2, 0) is 24.6 Å². The summed E-state index contributed by atoms with van der Waals surface area (Å²) < 4.78 is 10.7. The lowest BCUT2D eigenvalue weighted by atomic mass is 9.75. The quantitative estimate of drug-likeness (QED) is 0.602. The van der Waals surface area contributed by atoms with E-state index in [1.54, 1.807) is 54.5 Å². The summed E-state index contributed by atoms with van der Waals surface area (Å²) in [5.74, 6) is -0.327. The van der Waals surface area contributed by atoms with Crippen LogP contribution in [-0.4, -0.2) is 74.3 Å². The van der Waals surface area contributed by atoms with Crippen molar-refractivity contribution in [2.45, 2.75) is 18.3 Å². The Morgan fingerprint density at radius 2 is 1.74 bits per heavy atom. The Morgan fingerprint density at radius 3 is 2.38 bits per heavy atom. The highest BCUT2D eigenvalue weighted by Crippen LogP contribution is 2.43. The molecule has 0 bridgehead atoms. The number of carbonyl (C=O) groups excluding carboxylic acids is 4. The SMILES string of the molecule is COc1cccc(N2CCN(C(=O)CC3(c4ccccc4OC)CC(=O)N(C)C3=O)CC2=O)c1. The van der Waals surface area contributed by atoms with Crippen molar-refractivity contribution in [1.82, 2.24) is 9.80 Å². The maximum atomic E-state index is 13.4. The fourth-order valence-corrected chi connectivity index (χ4v) is 4.68. The number of amides is 4. The summed E-state index contributed by atoms with van der Waals surface area (Å²) in [6.45, 7) is 0.504. The second kappa shape index (κ2) is 9.17. The number of rotatable bonds is 6. The molecular weight excluding hydrogens is 438 g/mol. The van der Waals surface area contributed by atoms with Gasteiger partial charge in [-0.2, -0.15) is 0 Å². The van der Waals surface area contributed by atoms with E-state index in [2.05, 4.69) is 0 Å². The zero-order valence-corrected chi connectivity index (χ0v) is 19.4. The second-order valence-electron chi connectivity index (χ2n) is 8.46. The van der Waals surface area contributed by atoms with E-state index in [-0.39, 0.29) is 37.1 Å². The zero-order chi connectivity index (χ0) is 24.5. The van der Waals surface area contributed by atoms with Crippen molar-refractivity contribution in [3.8, 4) is 11.5 Å². The number of para-hydroxylation sites is 1. The fraction of sp³-hybridized carbons (Fsp3) is 0.360. The molecule has 1 atom stereocenters. The molecule has 0 aliphatic carbocycles. The number of anilines is 1. The third-order valence-electron chi connectivity index (χ3n) is 6.56. The number of likely N-dealkylation sites (tertiary alicyclic amines) is 1. The van der Waals surface area contributed by atoms with E-state index in [0.29, 0.717) is 35.8 Å². The second-order valence-corrected chi connectivity index (χ2v) is 8.46. The predicted octanol–water partition coefficient (Wildman–Crippen LogP) is 1.60. The molecule has 0 spiro atoms. The van der Waals surface area contributed by atoms with Crippen LogP contribution in [0, 0.1) is 0 Å². The molecule has 0 saturated carbocycles. The van der Waals surface area contributed by atoms with Gasteiger partial charge in [-0.1, -0.05) is 24.3 Å². The van der Waals surface area contributed by atoms with Gasteiger partial charge in [0.1, 0.15) is 18.0 Å². The van der Waals surface area contributed by atoms with E-state index < -0.39 is 11.3 Å². The van der Waals surface area contributed by atoms with Gasteiger partial charge in [-0.3, -0.25) is 24.1 Å². The molecule has 4 amide bonds. The predicted molar refractivity (Wildman–Crippen MR) is 124 cm³/mol. The number of hydrogen-bond donors (Lipinski definition) is 0. The Morgan fingerprint density at radius 1 is 0.971 bits per heavy atom. The van der Waals surface area contributed by atoms with Gasteiger partial charge >= 0.3 is 0 Å². The van der Waals surface area contributed by atoms with E-state index in [4.69, 9.17) is 9.47 Å². The largest absolute Gasteiger partial charge is 0.497 e. The third-order valence-corrected chi connectivity index (χ3v) is 6.56. The Balaban J connectivity index is 1.57. The number of nitrogens with zero attached hydrogens (tertiary/aromatic N) is 3. The van der Waals surface area contributed by atoms with Gasteiger partial charge in [0.05, 0.1) is 19.6 Å². The van der Waals surface area contributed by atoms with Crippen LogP contribution in [0.2, 0.25) is 0 Å². The van der Waals surface area contributed by atoms with Gasteiger partial charge in [-0.05, 0) is 18.2 Å². The summed E-state index contributed by atoms with van der Waals surface area (Å²) in [7, 11) is 4.46. The number of methoxy groups -OCH3 is 2. The summed E-state index contributed by atoms with van der Waals surface area (Å²) >= 11 is 0. The molecule has 34 heavy (non-hydrogen) atoms. The van der Waals surface area contributed by atoms with Crippen molar-refractivity contribution < 1.29 is 28.7 Å². The first-order valence-corrected chi connectivity index (χ1v) is 11.0. The highest BCUT2D eigenvalue weighted by atomic mass is 16.5. The molecule has 4 rings (SSSR count). The van der Waals surface area contributed by atoms with Gasteiger partial charge in [0.25, 0.3) is 0 Å². The molecule has 1 unspecified atom stereocenters. The topological polar surface area (TPSA) is 96.5 Å². The minimum Gasteiger partial charge on any atom is -0.497 e. The summed E-state index contributed by atoms with van der Waals surface area (Å²) in [6.07, 6.45) is -0.360. The van der Waals surface area contributed by atoms with Crippen LogP contribution in [0.3, 0.4) is 0 Å². The maximum absolute atomic E-state index is 13.4. The molecule has 2 aromatic rings. The van der Waals surface area contributed by atoms with Crippen LogP contribution < -0.4 is 14.4 Å². The lowest BCUT2D eigenvalue weighted by molar-refractivity contribution is -0.142. The molecule has 2 aromatic carbocycles. The molecule has 0 aromatic heterocycles. The van der Waals surface area contributed by atoms with Crippen molar-refractivity contribution in [2.24, 2.45) is 0 Å².